The second-order valence-corrected chi connectivity index (χ2v) is 7.02. The van der Waals surface area contributed by atoms with Gasteiger partial charge in [0.05, 0.1) is 5.70 Å². The van der Waals surface area contributed by atoms with Gasteiger partial charge >= 0.3 is 0 Å². The Labute approximate surface area is 172 Å². The van der Waals surface area contributed by atoms with E-state index in [0.717, 1.165) is 34.8 Å². The second kappa shape index (κ2) is 10.6. The van der Waals surface area contributed by atoms with Gasteiger partial charge in [-0.1, -0.05) is 57.2 Å². The molecule has 4 heteroatoms. The molecule has 0 aliphatic carbocycles. The number of carbonyl (C=O) groups is 1. The molecule has 0 saturated carbocycles. The fraction of sp³-hybridized carbons (Fsp3) is 0.250. The first-order valence-electron chi connectivity index (χ1n) is 9.56. The third-order valence-corrected chi connectivity index (χ3v) is 4.79. The third kappa shape index (κ3) is 5.93. The molecule has 3 nitrogen and oxygen atoms in total. The summed E-state index contributed by atoms with van der Waals surface area (Å²) < 4.78 is 0. The van der Waals surface area contributed by atoms with Gasteiger partial charge in [0.15, 0.2) is 5.78 Å². The largest absolute Gasteiger partial charge is 0.344 e. The van der Waals surface area contributed by atoms with Gasteiger partial charge in [-0.2, -0.15) is 0 Å². The van der Waals surface area contributed by atoms with Gasteiger partial charge < -0.3 is 5.32 Å². The summed E-state index contributed by atoms with van der Waals surface area (Å²) in [7, 11) is 0. The fourth-order valence-corrected chi connectivity index (χ4v) is 2.73. The minimum atomic E-state index is 0.140. The van der Waals surface area contributed by atoms with Crippen LogP contribution in [0, 0.1) is 5.92 Å². The van der Waals surface area contributed by atoms with Crippen LogP contribution in [-0.2, 0) is 0 Å². The molecule has 0 aliphatic heterocycles. The van der Waals surface area contributed by atoms with E-state index in [0.29, 0.717) is 11.4 Å². The Hall–Kier alpha value is -2.65. The zero-order chi connectivity index (χ0) is 20.5. The Morgan fingerprint density at radius 1 is 1.11 bits per heavy atom. The maximum absolute atomic E-state index is 11.8. The lowest BCUT2D eigenvalue weighted by molar-refractivity contribution is 0.0988. The Balaban J connectivity index is 2.35. The van der Waals surface area contributed by atoms with Crippen molar-refractivity contribution in [2.45, 2.75) is 33.6 Å². The Kier molecular flexibility index (Phi) is 8.21. The molecule has 0 bridgehead atoms. The number of carbonyl (C=O) groups excluding carboxylic acids is 1. The van der Waals surface area contributed by atoms with Crippen molar-refractivity contribution in [3.8, 4) is 0 Å². The first-order valence-corrected chi connectivity index (χ1v) is 9.93. The summed E-state index contributed by atoms with van der Waals surface area (Å²) >= 11 is 6.01. The summed E-state index contributed by atoms with van der Waals surface area (Å²) in [5, 5.41) is 4.11. The molecule has 0 amide bonds. The van der Waals surface area contributed by atoms with Crippen molar-refractivity contribution in [2.75, 3.05) is 5.32 Å². The second-order valence-electron chi connectivity index (χ2n) is 6.58. The average molecular weight is 395 g/mol. The molecule has 2 aromatic rings. The predicted octanol–water partition coefficient (Wildman–Crippen LogP) is 7.02. The van der Waals surface area contributed by atoms with Gasteiger partial charge in [0, 0.05) is 34.2 Å². The van der Waals surface area contributed by atoms with Gasteiger partial charge in [0.25, 0.3) is 0 Å². The van der Waals surface area contributed by atoms with Crippen molar-refractivity contribution in [2.24, 2.45) is 10.9 Å². The summed E-state index contributed by atoms with van der Waals surface area (Å²) in [5.74, 6) is 1.24. The zero-order valence-corrected chi connectivity index (χ0v) is 17.5. The van der Waals surface area contributed by atoms with E-state index < -0.39 is 0 Å². The van der Waals surface area contributed by atoms with Gasteiger partial charge in [-0.25, -0.2) is 4.99 Å². The monoisotopic (exact) mass is 394 g/mol. The van der Waals surface area contributed by atoms with Gasteiger partial charge in [0.1, 0.15) is 5.84 Å². The van der Waals surface area contributed by atoms with Crippen LogP contribution >= 0.6 is 11.6 Å². The molecule has 1 N–H and O–H groups in total. The highest BCUT2D eigenvalue weighted by Gasteiger charge is 2.12. The number of amidine groups is 1. The standard InChI is InChI=1S/C24H27ClN2O/c1-5-8-22(18-9-13-20(25)14-10-18)27-24(17(4)6-2)26-21-15-11-19(12-16-21)23(28)7-3/h5,8-17H,1,6-7H2,2-4H3,(H,26,27)/b22-8-. The highest BCUT2D eigenvalue weighted by molar-refractivity contribution is 6.30. The minimum absolute atomic E-state index is 0.140. The van der Waals surface area contributed by atoms with Crippen LogP contribution in [0.4, 0.5) is 5.69 Å². The van der Waals surface area contributed by atoms with Crippen molar-refractivity contribution in [1.82, 2.24) is 0 Å². The van der Waals surface area contributed by atoms with Gasteiger partial charge in [-0.15, -0.1) is 0 Å². The van der Waals surface area contributed by atoms with E-state index in [9.17, 15) is 4.79 Å². The van der Waals surface area contributed by atoms with Crippen LogP contribution < -0.4 is 5.32 Å². The van der Waals surface area contributed by atoms with E-state index in [4.69, 9.17) is 16.6 Å². The van der Waals surface area contributed by atoms with Crippen LogP contribution in [0.3, 0.4) is 0 Å². The van der Waals surface area contributed by atoms with Crippen LogP contribution in [0.1, 0.15) is 49.5 Å². The Morgan fingerprint density at radius 3 is 2.25 bits per heavy atom. The van der Waals surface area contributed by atoms with Gasteiger partial charge in [-0.05, 0) is 48.9 Å². The van der Waals surface area contributed by atoms with Crippen LogP contribution in [0.15, 0.2) is 72.3 Å². The quantitative estimate of drug-likeness (QED) is 0.226. The van der Waals surface area contributed by atoms with E-state index in [1.54, 1.807) is 6.08 Å². The number of halogens is 1. The lowest BCUT2D eigenvalue weighted by Crippen LogP contribution is -2.20. The fourth-order valence-electron chi connectivity index (χ4n) is 2.61. The van der Waals surface area contributed by atoms with E-state index in [2.05, 4.69) is 25.7 Å². The number of nitrogens with zero attached hydrogens (tertiary/aromatic N) is 1. The zero-order valence-electron chi connectivity index (χ0n) is 16.7. The number of benzene rings is 2. The molecule has 0 saturated heterocycles. The topological polar surface area (TPSA) is 41.5 Å². The number of anilines is 1. The van der Waals surface area contributed by atoms with Crippen molar-refractivity contribution in [3.63, 3.8) is 0 Å². The molecule has 0 fully saturated rings. The number of allylic oxidation sites excluding steroid dienone is 2. The summed E-state index contributed by atoms with van der Waals surface area (Å²) in [6, 6.07) is 15.1. The predicted molar refractivity (Wildman–Crippen MR) is 121 cm³/mol. The van der Waals surface area contributed by atoms with Gasteiger partial charge in [-0.3, -0.25) is 4.79 Å². The molecule has 146 valence electrons. The molecule has 1 unspecified atom stereocenters. The molecule has 0 spiro atoms. The van der Waals surface area contributed by atoms with E-state index >= 15 is 0 Å². The number of aliphatic imine (C=N–C) groups is 1. The number of hydrogen-bond donors (Lipinski definition) is 1. The van der Waals surface area contributed by atoms with E-state index in [1.165, 1.54) is 0 Å². The molecule has 28 heavy (non-hydrogen) atoms. The maximum Gasteiger partial charge on any atom is 0.162 e. The molecule has 0 aliphatic rings. The lowest BCUT2D eigenvalue weighted by Gasteiger charge is -2.17. The van der Waals surface area contributed by atoms with Crippen molar-refractivity contribution in [1.29, 1.82) is 0 Å². The number of nitrogens with one attached hydrogen (secondary N) is 1. The molecule has 1 atom stereocenters. The molecular formula is C24H27ClN2O. The third-order valence-electron chi connectivity index (χ3n) is 4.54. The Morgan fingerprint density at radius 2 is 1.71 bits per heavy atom. The van der Waals surface area contributed by atoms with Gasteiger partial charge in [0.2, 0.25) is 0 Å². The first kappa shape index (κ1) is 21.6. The van der Waals surface area contributed by atoms with Crippen LogP contribution in [0.25, 0.3) is 5.70 Å². The number of ketones is 1. The molecule has 2 rings (SSSR count). The lowest BCUT2D eigenvalue weighted by atomic mass is 10.1. The maximum atomic E-state index is 11.8. The highest BCUT2D eigenvalue weighted by Crippen LogP contribution is 2.22. The molecule has 0 aromatic heterocycles. The number of Topliss-reactive ketones (excluding diaryl/α,β-unsaturated/α-hetero) is 1. The summed E-state index contributed by atoms with van der Waals surface area (Å²) in [6.07, 6.45) is 5.06. The summed E-state index contributed by atoms with van der Waals surface area (Å²) in [4.78, 5) is 16.7. The smallest absolute Gasteiger partial charge is 0.162 e. The molecular weight excluding hydrogens is 368 g/mol. The Bertz CT molecular complexity index is 864. The SMILES string of the molecule is C=C/C=C(\N=C(Nc1ccc(C(=O)CC)cc1)C(C)CC)c1ccc(Cl)cc1. The molecule has 2 aromatic carbocycles. The van der Waals surface area contributed by atoms with Crippen molar-refractivity contribution in [3.05, 3.63) is 83.4 Å². The van der Waals surface area contributed by atoms with E-state index in [-0.39, 0.29) is 11.7 Å². The summed E-state index contributed by atoms with van der Waals surface area (Å²) in [6.45, 7) is 9.94. The van der Waals surface area contributed by atoms with Crippen LogP contribution in [-0.4, -0.2) is 11.6 Å². The summed E-state index contributed by atoms with van der Waals surface area (Å²) in [5.41, 5.74) is 3.41. The average Bonchev–Trinajstić information content (AvgIpc) is 2.72. The molecule has 0 heterocycles. The van der Waals surface area contributed by atoms with Crippen LogP contribution in [0.5, 0.6) is 0 Å². The number of rotatable bonds is 8. The van der Waals surface area contributed by atoms with Crippen molar-refractivity contribution < 1.29 is 4.79 Å². The highest BCUT2D eigenvalue weighted by atomic mass is 35.5. The molecule has 0 radical (unpaired) electrons. The van der Waals surface area contributed by atoms with Crippen LogP contribution in [0.2, 0.25) is 5.02 Å². The number of hydrogen-bond acceptors (Lipinski definition) is 2. The van der Waals surface area contributed by atoms with E-state index in [1.807, 2.05) is 61.5 Å². The normalized spacial score (nSPS) is 13.1. The minimum Gasteiger partial charge on any atom is -0.344 e. The van der Waals surface area contributed by atoms with Crippen molar-refractivity contribution >= 4 is 34.6 Å². The first-order chi connectivity index (χ1) is 13.5.